The Hall–Kier alpha value is -4.36. The molecule has 2 atom stereocenters. The van der Waals surface area contributed by atoms with Crippen LogP contribution in [0.25, 0.3) is 0 Å². The molecule has 0 aromatic carbocycles. The average Bonchev–Trinajstić information content (AvgIpc) is 2.92. The van der Waals surface area contributed by atoms with Crippen molar-refractivity contribution >= 4 is 11.6 Å². The van der Waals surface area contributed by atoms with Gasteiger partial charge in [0.15, 0.2) is 0 Å². The standard InChI is InChI=1S/C30H22F10N2O2/c1-41-11-5-3-7-19(41)21-15(13-17(31)23(25(21)33)27(43)29(35,36)37)9-10-16-14-18(32)24(28(44)30(38,39)40)26(34)22(16)20-8-4-6-12-42(20)2/h3-8,11-16H,9-10H2,1-2H3. The van der Waals surface area contributed by atoms with Gasteiger partial charge in [0.1, 0.15) is 23.3 Å². The monoisotopic (exact) mass is 632 g/mol. The summed E-state index contributed by atoms with van der Waals surface area (Å²) in [7, 11) is 2.82. The van der Waals surface area contributed by atoms with Crippen molar-refractivity contribution in [3.05, 3.63) is 118 Å². The second-order valence-corrected chi connectivity index (χ2v) is 10.1. The summed E-state index contributed by atoms with van der Waals surface area (Å²) in [5.74, 6) is -15.5. The van der Waals surface area contributed by atoms with Gasteiger partial charge in [0, 0.05) is 60.9 Å². The highest BCUT2D eigenvalue weighted by atomic mass is 19.4. The largest absolute Gasteiger partial charge is 0.455 e. The summed E-state index contributed by atoms with van der Waals surface area (Å²) in [5.41, 5.74) is -4.77. The molecule has 4 aliphatic rings. The molecular weight excluding hydrogens is 610 g/mol. The fourth-order valence-corrected chi connectivity index (χ4v) is 5.22. The highest BCUT2D eigenvalue weighted by molar-refractivity contribution is 6.05. The van der Waals surface area contributed by atoms with Gasteiger partial charge in [0.25, 0.3) is 11.6 Å². The molecular formula is C30H22F10N2O2. The number of nitrogens with zero attached hydrogens (tertiary/aromatic N) is 2. The van der Waals surface area contributed by atoms with E-state index in [9.17, 15) is 44.7 Å². The third-order valence-corrected chi connectivity index (χ3v) is 7.25. The van der Waals surface area contributed by atoms with Gasteiger partial charge in [0.2, 0.25) is 0 Å². The highest BCUT2D eigenvalue weighted by Crippen LogP contribution is 2.46. The zero-order chi connectivity index (χ0) is 32.7. The summed E-state index contributed by atoms with van der Waals surface area (Å²) >= 11 is 0. The van der Waals surface area contributed by atoms with Crippen molar-refractivity contribution in [3.8, 4) is 0 Å². The number of Topliss-reactive ketones (excluding diaryl/α,β-unsaturated/α-hetero) is 2. The molecule has 0 saturated carbocycles. The molecule has 0 bridgehead atoms. The van der Waals surface area contributed by atoms with Crippen LogP contribution in [-0.4, -0.2) is 47.8 Å². The van der Waals surface area contributed by atoms with E-state index in [0.717, 1.165) is 0 Å². The van der Waals surface area contributed by atoms with E-state index in [1.54, 1.807) is 0 Å². The Morgan fingerprint density at radius 1 is 0.636 bits per heavy atom. The van der Waals surface area contributed by atoms with Crippen molar-refractivity contribution < 1.29 is 53.5 Å². The van der Waals surface area contributed by atoms with Crippen molar-refractivity contribution in [3.63, 3.8) is 0 Å². The lowest BCUT2D eigenvalue weighted by Crippen LogP contribution is -2.30. The molecule has 2 heterocycles. The molecule has 0 spiro atoms. The van der Waals surface area contributed by atoms with E-state index in [1.807, 2.05) is 0 Å². The van der Waals surface area contributed by atoms with Crippen molar-refractivity contribution in [2.45, 2.75) is 25.2 Å². The Kier molecular flexibility index (Phi) is 8.85. The molecule has 0 aromatic rings. The molecule has 2 aliphatic heterocycles. The molecule has 4 nitrogen and oxygen atoms in total. The number of likely N-dealkylation sites (N-methyl/N-ethyl adjacent to an activating group) is 2. The summed E-state index contributed by atoms with van der Waals surface area (Å²) in [6.07, 6.45) is 0.403. The molecule has 44 heavy (non-hydrogen) atoms. The Labute approximate surface area is 244 Å². The van der Waals surface area contributed by atoms with Gasteiger partial charge in [-0.2, -0.15) is 26.3 Å². The number of allylic oxidation sites excluding steroid dienone is 16. The molecule has 2 unspecified atom stereocenters. The van der Waals surface area contributed by atoms with E-state index < -0.39 is 94.2 Å². The fraction of sp³-hybridized carbons (Fsp3) is 0.267. The predicted octanol–water partition coefficient (Wildman–Crippen LogP) is 7.98. The molecule has 0 fully saturated rings. The van der Waals surface area contributed by atoms with E-state index in [2.05, 4.69) is 0 Å². The number of hydrogen-bond acceptors (Lipinski definition) is 4. The smallest absolute Gasteiger partial charge is 0.351 e. The van der Waals surface area contributed by atoms with Crippen LogP contribution in [0.5, 0.6) is 0 Å². The molecule has 2 aliphatic carbocycles. The third-order valence-electron chi connectivity index (χ3n) is 7.25. The summed E-state index contributed by atoms with van der Waals surface area (Å²) < 4.78 is 141. The van der Waals surface area contributed by atoms with Crippen LogP contribution in [0.3, 0.4) is 0 Å². The topological polar surface area (TPSA) is 40.6 Å². The summed E-state index contributed by atoms with van der Waals surface area (Å²) in [4.78, 5) is 26.5. The Balaban J connectivity index is 1.81. The first-order valence-electron chi connectivity index (χ1n) is 12.9. The maximum absolute atomic E-state index is 15.7. The van der Waals surface area contributed by atoms with E-state index in [4.69, 9.17) is 0 Å². The van der Waals surface area contributed by atoms with Gasteiger partial charge in [-0.25, -0.2) is 17.6 Å². The van der Waals surface area contributed by atoms with Gasteiger partial charge >= 0.3 is 12.4 Å². The average molecular weight is 632 g/mol. The summed E-state index contributed by atoms with van der Waals surface area (Å²) in [5, 5.41) is 0. The Morgan fingerprint density at radius 2 is 0.977 bits per heavy atom. The molecule has 14 heteroatoms. The van der Waals surface area contributed by atoms with Crippen molar-refractivity contribution in [2.24, 2.45) is 11.8 Å². The first-order valence-corrected chi connectivity index (χ1v) is 12.9. The molecule has 0 aromatic heterocycles. The van der Waals surface area contributed by atoms with E-state index in [1.165, 1.54) is 72.8 Å². The number of rotatable bonds is 5. The van der Waals surface area contributed by atoms with Crippen molar-refractivity contribution in [1.82, 2.24) is 9.80 Å². The maximum Gasteiger partial charge on any atom is 0.455 e. The van der Waals surface area contributed by atoms with E-state index in [-0.39, 0.29) is 11.4 Å². The minimum Gasteiger partial charge on any atom is -0.351 e. The lowest BCUT2D eigenvalue weighted by Gasteiger charge is -2.32. The van der Waals surface area contributed by atoms with Crippen LogP contribution in [0.4, 0.5) is 43.9 Å². The molecule has 0 saturated heterocycles. The first kappa shape index (κ1) is 32.6. The number of alkyl halides is 6. The minimum atomic E-state index is -5.61. The zero-order valence-electron chi connectivity index (χ0n) is 22.8. The number of carbonyl (C=O) groups is 2. The lowest BCUT2D eigenvalue weighted by atomic mass is 9.78. The second-order valence-electron chi connectivity index (χ2n) is 10.1. The van der Waals surface area contributed by atoms with E-state index in [0.29, 0.717) is 12.2 Å². The molecule has 4 rings (SSSR count). The summed E-state index contributed by atoms with van der Waals surface area (Å²) in [6.45, 7) is 0. The van der Waals surface area contributed by atoms with Gasteiger partial charge < -0.3 is 9.80 Å². The minimum absolute atomic E-state index is 0.0422. The first-order chi connectivity index (χ1) is 20.4. The van der Waals surface area contributed by atoms with Crippen LogP contribution in [0.1, 0.15) is 12.8 Å². The van der Waals surface area contributed by atoms with E-state index >= 15 is 8.78 Å². The maximum atomic E-state index is 15.7. The summed E-state index contributed by atoms with van der Waals surface area (Å²) in [6, 6.07) is 0. The van der Waals surface area contributed by atoms with Crippen LogP contribution >= 0.6 is 0 Å². The molecule has 0 amide bonds. The lowest BCUT2D eigenvalue weighted by molar-refractivity contribution is -0.166. The predicted molar refractivity (Wildman–Crippen MR) is 139 cm³/mol. The van der Waals surface area contributed by atoms with Gasteiger partial charge in [-0.05, 0) is 49.3 Å². The number of halogens is 10. The fourth-order valence-electron chi connectivity index (χ4n) is 5.22. The quantitative estimate of drug-likeness (QED) is 0.289. The Bertz CT molecular complexity index is 1480. The zero-order valence-corrected chi connectivity index (χ0v) is 22.8. The van der Waals surface area contributed by atoms with Crippen LogP contribution in [0.15, 0.2) is 118 Å². The van der Waals surface area contributed by atoms with Crippen molar-refractivity contribution in [2.75, 3.05) is 14.1 Å². The molecule has 0 N–H and O–H groups in total. The molecule has 234 valence electrons. The van der Waals surface area contributed by atoms with Crippen LogP contribution in [0, 0.1) is 11.8 Å². The molecule has 0 radical (unpaired) electrons. The second kappa shape index (κ2) is 12.0. The van der Waals surface area contributed by atoms with Gasteiger partial charge in [-0.15, -0.1) is 0 Å². The number of hydrogen-bond donors (Lipinski definition) is 0. The number of carbonyl (C=O) groups excluding carboxylic acids is 2. The third kappa shape index (κ3) is 6.15. The number of ketones is 2. The van der Waals surface area contributed by atoms with Crippen LogP contribution < -0.4 is 0 Å². The van der Waals surface area contributed by atoms with Crippen LogP contribution in [0.2, 0.25) is 0 Å². The highest BCUT2D eigenvalue weighted by Gasteiger charge is 2.48. The van der Waals surface area contributed by atoms with Gasteiger partial charge in [-0.3, -0.25) is 9.59 Å². The van der Waals surface area contributed by atoms with Gasteiger partial charge in [0.05, 0.1) is 11.1 Å². The Morgan fingerprint density at radius 3 is 1.27 bits per heavy atom. The van der Waals surface area contributed by atoms with Crippen molar-refractivity contribution in [1.29, 1.82) is 0 Å². The van der Waals surface area contributed by atoms with Crippen LogP contribution in [-0.2, 0) is 9.59 Å². The van der Waals surface area contributed by atoms with Gasteiger partial charge in [-0.1, -0.05) is 12.2 Å². The SMILES string of the molecule is CN1C=CC=CC1=C1C(F)=C(C(=O)C(F)(F)F)C(F)=CC1CCC1C=C(F)C(C(=O)C(F)(F)F)=C(F)C1=C1C=CC=CN1C. The normalized spacial score (nSPS) is 26.1.